The van der Waals surface area contributed by atoms with E-state index in [1.54, 1.807) is 7.11 Å². The Morgan fingerprint density at radius 3 is 2.44 bits per heavy atom. The topological polar surface area (TPSA) is 67.3 Å². The molecule has 2 aliphatic heterocycles. The van der Waals surface area contributed by atoms with E-state index in [0.29, 0.717) is 17.4 Å². The normalized spacial score (nSPS) is 23.7. The Morgan fingerprint density at radius 2 is 1.81 bits per heavy atom. The second-order valence-corrected chi connectivity index (χ2v) is 7.18. The Bertz CT molecular complexity index is 807. The van der Waals surface area contributed by atoms with E-state index in [9.17, 15) is 4.79 Å². The predicted molar refractivity (Wildman–Crippen MR) is 105 cm³/mol. The summed E-state index contributed by atoms with van der Waals surface area (Å²) in [6.07, 6.45) is 1.52. The van der Waals surface area contributed by atoms with E-state index in [0.717, 1.165) is 42.3 Å². The molecule has 144 valence electrons. The number of halogens is 1. The summed E-state index contributed by atoms with van der Waals surface area (Å²) < 4.78 is 5.28. The number of carbonyl (C=O) groups is 1. The van der Waals surface area contributed by atoms with Gasteiger partial charge in [0, 0.05) is 25.6 Å². The minimum atomic E-state index is 0. The molecule has 1 aromatic carbocycles. The monoisotopic (exact) mass is 388 g/mol. The van der Waals surface area contributed by atoms with Crippen molar-refractivity contribution < 1.29 is 9.53 Å². The maximum atomic E-state index is 13.4. The number of ether oxygens (including phenoxy) is 1. The number of methoxy groups -OCH3 is 1. The quantitative estimate of drug-likeness (QED) is 0.875. The first-order chi connectivity index (χ1) is 12.6. The minimum absolute atomic E-state index is 0. The number of carbonyl (C=O) groups excluding carboxylic acids is 1. The second kappa shape index (κ2) is 7.82. The molecule has 2 saturated heterocycles. The van der Waals surface area contributed by atoms with E-state index in [4.69, 9.17) is 4.74 Å². The van der Waals surface area contributed by atoms with Crippen LogP contribution < -0.4 is 10.1 Å². The van der Waals surface area contributed by atoms with Crippen LogP contribution in [0.5, 0.6) is 5.75 Å². The number of benzene rings is 1. The number of nitrogens with one attached hydrogen (secondary N) is 1. The van der Waals surface area contributed by atoms with E-state index < -0.39 is 0 Å². The lowest BCUT2D eigenvalue weighted by atomic mass is 9.89. The predicted octanol–water partition coefficient (Wildman–Crippen LogP) is 2.56. The van der Waals surface area contributed by atoms with Crippen LogP contribution in [0, 0.1) is 25.7 Å². The van der Waals surface area contributed by atoms with Gasteiger partial charge in [-0.15, -0.1) is 12.4 Å². The molecule has 7 heteroatoms. The third-order valence-electron chi connectivity index (χ3n) is 5.72. The zero-order valence-electron chi connectivity index (χ0n) is 15.8. The van der Waals surface area contributed by atoms with Crippen molar-refractivity contribution in [2.45, 2.75) is 19.9 Å². The minimum Gasteiger partial charge on any atom is -0.497 e. The van der Waals surface area contributed by atoms with Crippen LogP contribution in [0.4, 0.5) is 0 Å². The van der Waals surface area contributed by atoms with Gasteiger partial charge in [0.25, 0.3) is 5.91 Å². The van der Waals surface area contributed by atoms with Crippen LogP contribution in [0.1, 0.15) is 33.4 Å². The number of likely N-dealkylation sites (tertiary alicyclic amines) is 1. The van der Waals surface area contributed by atoms with E-state index in [1.165, 1.54) is 6.33 Å². The fraction of sp³-hybridized carbons (Fsp3) is 0.450. The number of rotatable bonds is 3. The van der Waals surface area contributed by atoms with Gasteiger partial charge in [-0.1, -0.05) is 12.1 Å². The fourth-order valence-corrected chi connectivity index (χ4v) is 4.40. The van der Waals surface area contributed by atoms with Crippen LogP contribution in [0.25, 0.3) is 0 Å². The maximum absolute atomic E-state index is 13.4. The molecular formula is C20H25ClN4O2. The third-order valence-corrected chi connectivity index (χ3v) is 5.72. The summed E-state index contributed by atoms with van der Waals surface area (Å²) in [5, 5.41) is 3.48. The molecule has 0 unspecified atom stereocenters. The Balaban J connectivity index is 0.00000210. The molecule has 0 saturated carbocycles. The van der Waals surface area contributed by atoms with Crippen molar-refractivity contribution in [1.82, 2.24) is 20.2 Å². The molecule has 0 radical (unpaired) electrons. The molecule has 6 nitrogen and oxygen atoms in total. The molecule has 1 amide bonds. The number of hydrogen-bond donors (Lipinski definition) is 1. The van der Waals surface area contributed by atoms with Crippen LogP contribution in [0.3, 0.4) is 0 Å². The molecule has 1 N–H and O–H groups in total. The largest absolute Gasteiger partial charge is 0.497 e. The molecular weight excluding hydrogens is 364 g/mol. The fourth-order valence-electron chi connectivity index (χ4n) is 4.40. The van der Waals surface area contributed by atoms with Crippen molar-refractivity contribution in [3.8, 4) is 5.75 Å². The standard InChI is InChI=1S/C20H24N4O2.ClH/c1-12-18(13(2)23-11-22-12)20(25)24-10-15-8-21-9-17(15)19(24)14-4-6-16(26-3)7-5-14;/h4-7,11,15,17,19,21H,8-10H2,1-3H3;1H/t15-,17-,19-;/m0./s1. The number of aryl methyl sites for hydroxylation is 2. The maximum Gasteiger partial charge on any atom is 0.258 e. The number of hydrogen-bond acceptors (Lipinski definition) is 5. The first-order valence-electron chi connectivity index (χ1n) is 9.04. The summed E-state index contributed by atoms with van der Waals surface area (Å²) in [6.45, 7) is 6.42. The summed E-state index contributed by atoms with van der Waals surface area (Å²) >= 11 is 0. The second-order valence-electron chi connectivity index (χ2n) is 7.18. The van der Waals surface area contributed by atoms with Crippen molar-refractivity contribution in [1.29, 1.82) is 0 Å². The first kappa shape index (κ1) is 19.6. The highest BCUT2D eigenvalue weighted by atomic mass is 35.5. The average Bonchev–Trinajstić information content (AvgIpc) is 3.22. The molecule has 2 fully saturated rings. The van der Waals surface area contributed by atoms with Crippen molar-refractivity contribution in [2.24, 2.45) is 11.8 Å². The molecule has 4 rings (SSSR count). The van der Waals surface area contributed by atoms with Gasteiger partial charge in [0.1, 0.15) is 12.1 Å². The number of aromatic nitrogens is 2. The van der Waals surface area contributed by atoms with Crippen LogP contribution in [-0.4, -0.2) is 47.5 Å². The van der Waals surface area contributed by atoms with Crippen molar-refractivity contribution >= 4 is 18.3 Å². The summed E-state index contributed by atoms with van der Waals surface area (Å²) in [5.41, 5.74) is 3.28. The highest BCUT2D eigenvalue weighted by Crippen LogP contribution is 2.43. The van der Waals surface area contributed by atoms with Crippen LogP contribution in [-0.2, 0) is 0 Å². The lowest BCUT2D eigenvalue weighted by molar-refractivity contribution is 0.0711. The third kappa shape index (κ3) is 3.39. The van der Waals surface area contributed by atoms with Gasteiger partial charge < -0.3 is 15.0 Å². The Hall–Kier alpha value is -2.18. The zero-order valence-corrected chi connectivity index (χ0v) is 16.6. The number of nitrogens with zero attached hydrogens (tertiary/aromatic N) is 3. The molecule has 2 aliphatic rings. The lowest BCUT2D eigenvalue weighted by Gasteiger charge is -2.29. The van der Waals surface area contributed by atoms with Crippen LogP contribution >= 0.6 is 12.4 Å². The van der Waals surface area contributed by atoms with Gasteiger partial charge in [0.15, 0.2) is 0 Å². The first-order valence-corrected chi connectivity index (χ1v) is 9.04. The van der Waals surface area contributed by atoms with E-state index >= 15 is 0 Å². The highest BCUT2D eigenvalue weighted by molar-refractivity contribution is 5.96. The van der Waals surface area contributed by atoms with Gasteiger partial charge in [-0.25, -0.2) is 9.97 Å². The average molecular weight is 389 g/mol. The van der Waals surface area contributed by atoms with E-state index in [-0.39, 0.29) is 24.4 Å². The molecule has 0 bridgehead atoms. The molecule has 0 aliphatic carbocycles. The van der Waals surface area contributed by atoms with Crippen molar-refractivity contribution in [3.63, 3.8) is 0 Å². The molecule has 3 atom stereocenters. The lowest BCUT2D eigenvalue weighted by Crippen LogP contribution is -2.35. The van der Waals surface area contributed by atoms with Gasteiger partial charge in [0.05, 0.1) is 30.1 Å². The summed E-state index contributed by atoms with van der Waals surface area (Å²) in [4.78, 5) is 23.9. The SMILES string of the molecule is COc1ccc([C@H]2[C@H]3CNC[C@H]3CN2C(=O)c2c(C)ncnc2C)cc1.Cl. The van der Waals surface area contributed by atoms with Gasteiger partial charge in [0.2, 0.25) is 0 Å². The molecule has 3 heterocycles. The van der Waals surface area contributed by atoms with Crippen LogP contribution in [0.2, 0.25) is 0 Å². The Kier molecular flexibility index (Phi) is 5.67. The number of fused-ring (bicyclic) bond motifs is 1. The molecule has 27 heavy (non-hydrogen) atoms. The molecule has 2 aromatic rings. The smallest absolute Gasteiger partial charge is 0.258 e. The Labute approximate surface area is 165 Å². The number of amides is 1. The van der Waals surface area contributed by atoms with E-state index in [1.807, 2.05) is 30.9 Å². The summed E-state index contributed by atoms with van der Waals surface area (Å²) in [7, 11) is 1.66. The molecule has 1 aromatic heterocycles. The summed E-state index contributed by atoms with van der Waals surface area (Å²) in [5.74, 6) is 1.78. The van der Waals surface area contributed by atoms with Crippen molar-refractivity contribution in [2.75, 3.05) is 26.7 Å². The highest BCUT2D eigenvalue weighted by Gasteiger charge is 2.47. The summed E-state index contributed by atoms with van der Waals surface area (Å²) in [6, 6.07) is 8.15. The van der Waals surface area contributed by atoms with Gasteiger partial charge in [-0.3, -0.25) is 4.79 Å². The van der Waals surface area contributed by atoms with Gasteiger partial charge >= 0.3 is 0 Å². The Morgan fingerprint density at radius 1 is 1.15 bits per heavy atom. The van der Waals surface area contributed by atoms with Crippen LogP contribution in [0.15, 0.2) is 30.6 Å². The molecule has 0 spiro atoms. The van der Waals surface area contributed by atoms with Crippen molar-refractivity contribution in [3.05, 3.63) is 53.1 Å². The van der Waals surface area contributed by atoms with E-state index in [2.05, 4.69) is 27.4 Å². The van der Waals surface area contributed by atoms with Gasteiger partial charge in [-0.2, -0.15) is 0 Å². The van der Waals surface area contributed by atoms with Gasteiger partial charge in [-0.05, 0) is 37.5 Å². The zero-order chi connectivity index (χ0) is 18.3.